The molecule has 2 aromatic carbocycles. The lowest BCUT2D eigenvalue weighted by Crippen LogP contribution is -2.45. The summed E-state index contributed by atoms with van der Waals surface area (Å²) >= 11 is 0. The molecule has 1 saturated carbocycles. The van der Waals surface area contributed by atoms with Gasteiger partial charge in [-0.05, 0) is 72.7 Å². The Kier molecular flexibility index (Phi) is 7.00. The standard InChI is InChI=1S/C25H25F6NO4/c26-24(27,28)17-4-5-20(25(29,30)31)16(8-17)13-32-7-6-23(14-32)11-19(12-23)36-18-3-1-2-15(9-18)21(33)10-22(34)35/h1-5,8-9,19,21,33H,6-7,10-14H2,(H,34,35)/t19?,21-,23?/m1/s1. The second-order valence-corrected chi connectivity index (χ2v) is 9.66. The average Bonchev–Trinajstić information content (AvgIpc) is 3.15. The van der Waals surface area contributed by atoms with E-state index in [9.17, 15) is 36.2 Å². The number of aliphatic hydroxyl groups is 1. The molecular formula is C25H25F6NO4. The molecule has 4 rings (SSSR count). The number of aliphatic hydroxyl groups excluding tert-OH is 1. The minimum atomic E-state index is -4.75. The van der Waals surface area contributed by atoms with E-state index < -0.39 is 47.5 Å². The highest BCUT2D eigenvalue weighted by molar-refractivity contribution is 5.67. The van der Waals surface area contributed by atoms with Crippen LogP contribution in [0.25, 0.3) is 0 Å². The van der Waals surface area contributed by atoms with E-state index in [0.717, 1.165) is 0 Å². The molecule has 1 spiro atoms. The van der Waals surface area contributed by atoms with E-state index in [1.807, 2.05) is 0 Å². The van der Waals surface area contributed by atoms with Crippen LogP contribution in [0.15, 0.2) is 42.5 Å². The molecule has 36 heavy (non-hydrogen) atoms. The van der Waals surface area contributed by atoms with Crippen LogP contribution < -0.4 is 4.74 Å². The Morgan fingerprint density at radius 3 is 2.44 bits per heavy atom. The van der Waals surface area contributed by atoms with Gasteiger partial charge in [0, 0.05) is 13.1 Å². The molecule has 2 aromatic rings. The maximum absolute atomic E-state index is 13.4. The lowest BCUT2D eigenvalue weighted by molar-refractivity contribution is -0.142. The van der Waals surface area contributed by atoms with Gasteiger partial charge < -0.3 is 14.9 Å². The van der Waals surface area contributed by atoms with Crippen LogP contribution in [0.5, 0.6) is 5.75 Å². The number of alkyl halides is 6. The van der Waals surface area contributed by atoms with Crippen molar-refractivity contribution in [3.8, 4) is 5.75 Å². The van der Waals surface area contributed by atoms with Crippen molar-refractivity contribution in [2.45, 2.75) is 56.8 Å². The molecule has 1 saturated heterocycles. The summed E-state index contributed by atoms with van der Waals surface area (Å²) in [6.07, 6.45) is -9.27. The summed E-state index contributed by atoms with van der Waals surface area (Å²) < 4.78 is 85.5. The number of benzene rings is 2. The van der Waals surface area contributed by atoms with Crippen LogP contribution in [0.3, 0.4) is 0 Å². The largest absolute Gasteiger partial charge is 0.490 e. The SMILES string of the molecule is O=C(O)C[C@@H](O)c1cccc(OC2CC3(CCN(Cc4cc(C(F)(F)F)ccc4C(F)(F)F)C3)C2)c1. The third-order valence-electron chi connectivity index (χ3n) is 6.88. The lowest BCUT2D eigenvalue weighted by atomic mass is 9.66. The molecule has 1 aliphatic carbocycles. The fraction of sp³-hybridized carbons (Fsp3) is 0.480. The van der Waals surface area contributed by atoms with Gasteiger partial charge in [-0.2, -0.15) is 26.3 Å². The quantitative estimate of drug-likeness (QED) is 0.464. The minimum Gasteiger partial charge on any atom is -0.490 e. The van der Waals surface area contributed by atoms with Crippen molar-refractivity contribution in [3.63, 3.8) is 0 Å². The Morgan fingerprint density at radius 1 is 1.08 bits per heavy atom. The van der Waals surface area contributed by atoms with Crippen molar-refractivity contribution >= 4 is 5.97 Å². The minimum absolute atomic E-state index is 0.156. The van der Waals surface area contributed by atoms with E-state index in [-0.39, 0.29) is 18.1 Å². The monoisotopic (exact) mass is 517 g/mol. The summed E-state index contributed by atoms with van der Waals surface area (Å²) in [7, 11) is 0. The smallest absolute Gasteiger partial charge is 0.416 e. The molecule has 0 bridgehead atoms. The second-order valence-electron chi connectivity index (χ2n) is 9.66. The topological polar surface area (TPSA) is 70.0 Å². The number of hydrogen-bond donors (Lipinski definition) is 2. The number of ether oxygens (including phenoxy) is 1. The predicted octanol–water partition coefficient (Wildman–Crippen LogP) is 5.67. The first-order valence-corrected chi connectivity index (χ1v) is 11.4. The molecule has 196 valence electrons. The normalized spacial score (nSPS) is 23.5. The number of carbonyl (C=O) groups is 1. The first-order valence-electron chi connectivity index (χ1n) is 11.4. The van der Waals surface area contributed by atoms with Crippen LogP contribution in [-0.2, 0) is 23.7 Å². The zero-order chi connectivity index (χ0) is 26.3. The van der Waals surface area contributed by atoms with E-state index in [0.29, 0.717) is 61.9 Å². The van der Waals surface area contributed by atoms with Crippen LogP contribution in [-0.4, -0.2) is 40.3 Å². The van der Waals surface area contributed by atoms with E-state index in [2.05, 4.69) is 0 Å². The van der Waals surface area contributed by atoms with Crippen molar-refractivity contribution < 1.29 is 46.1 Å². The Bertz CT molecular complexity index is 1110. The van der Waals surface area contributed by atoms with E-state index >= 15 is 0 Å². The van der Waals surface area contributed by atoms with Crippen molar-refractivity contribution in [2.24, 2.45) is 5.41 Å². The van der Waals surface area contributed by atoms with Gasteiger partial charge in [0.1, 0.15) is 5.75 Å². The Balaban J connectivity index is 1.37. The Hall–Kier alpha value is -2.79. The van der Waals surface area contributed by atoms with Crippen molar-refractivity contribution in [1.29, 1.82) is 0 Å². The molecule has 2 N–H and O–H groups in total. The molecule has 0 amide bonds. The van der Waals surface area contributed by atoms with Gasteiger partial charge in [-0.15, -0.1) is 0 Å². The number of aliphatic carboxylic acids is 1. The molecule has 1 atom stereocenters. The summed E-state index contributed by atoms with van der Waals surface area (Å²) in [6.45, 7) is 0.699. The summed E-state index contributed by atoms with van der Waals surface area (Å²) in [5.74, 6) is -0.654. The maximum atomic E-state index is 13.4. The summed E-state index contributed by atoms with van der Waals surface area (Å²) in [5, 5.41) is 18.8. The Labute approximate surface area is 203 Å². The Morgan fingerprint density at radius 2 is 1.81 bits per heavy atom. The van der Waals surface area contributed by atoms with Gasteiger partial charge in [-0.3, -0.25) is 9.69 Å². The zero-order valence-corrected chi connectivity index (χ0v) is 19.1. The van der Waals surface area contributed by atoms with Crippen LogP contribution >= 0.6 is 0 Å². The molecule has 0 unspecified atom stereocenters. The zero-order valence-electron chi connectivity index (χ0n) is 19.1. The highest BCUT2D eigenvalue weighted by Gasteiger charge is 2.50. The first kappa shape index (κ1) is 26.3. The van der Waals surface area contributed by atoms with Gasteiger partial charge in [-0.1, -0.05) is 12.1 Å². The lowest BCUT2D eigenvalue weighted by Gasteiger charge is -2.45. The highest BCUT2D eigenvalue weighted by Crippen LogP contribution is 2.50. The number of carboxylic acids is 1. The second kappa shape index (κ2) is 9.59. The van der Waals surface area contributed by atoms with Crippen LogP contribution in [0.4, 0.5) is 26.3 Å². The predicted molar refractivity (Wildman–Crippen MR) is 116 cm³/mol. The summed E-state index contributed by atoms with van der Waals surface area (Å²) in [4.78, 5) is 12.6. The van der Waals surface area contributed by atoms with Gasteiger partial charge >= 0.3 is 18.3 Å². The van der Waals surface area contributed by atoms with Crippen LogP contribution in [0, 0.1) is 5.41 Å². The molecule has 2 fully saturated rings. The maximum Gasteiger partial charge on any atom is 0.416 e. The van der Waals surface area contributed by atoms with Gasteiger partial charge in [0.05, 0.1) is 29.8 Å². The first-order chi connectivity index (χ1) is 16.7. The highest BCUT2D eigenvalue weighted by atomic mass is 19.4. The number of likely N-dealkylation sites (tertiary alicyclic amines) is 1. The fourth-order valence-electron chi connectivity index (χ4n) is 5.17. The molecule has 1 aliphatic heterocycles. The van der Waals surface area contributed by atoms with E-state index in [1.54, 1.807) is 29.2 Å². The van der Waals surface area contributed by atoms with Crippen molar-refractivity contribution in [2.75, 3.05) is 13.1 Å². The molecule has 0 radical (unpaired) electrons. The van der Waals surface area contributed by atoms with Gasteiger partial charge in [0.25, 0.3) is 0 Å². The van der Waals surface area contributed by atoms with Crippen LogP contribution in [0.2, 0.25) is 0 Å². The number of carboxylic acid groups (broad SMARTS) is 1. The fourth-order valence-corrected chi connectivity index (χ4v) is 5.17. The van der Waals surface area contributed by atoms with Crippen LogP contribution in [0.1, 0.15) is 54.0 Å². The summed E-state index contributed by atoms with van der Waals surface area (Å²) in [5.41, 5.74) is -2.32. The third kappa shape index (κ3) is 5.95. The average molecular weight is 517 g/mol. The van der Waals surface area contributed by atoms with Gasteiger partial charge in [-0.25, -0.2) is 0 Å². The van der Waals surface area contributed by atoms with E-state index in [4.69, 9.17) is 9.84 Å². The molecule has 11 heteroatoms. The summed E-state index contributed by atoms with van der Waals surface area (Å²) in [6, 6.07) is 8.06. The number of rotatable bonds is 7. The van der Waals surface area contributed by atoms with Gasteiger partial charge in [0.2, 0.25) is 0 Å². The van der Waals surface area contributed by atoms with Gasteiger partial charge in [0.15, 0.2) is 0 Å². The molecule has 0 aromatic heterocycles. The molecular weight excluding hydrogens is 492 g/mol. The third-order valence-corrected chi connectivity index (χ3v) is 6.88. The van der Waals surface area contributed by atoms with Crippen molar-refractivity contribution in [1.82, 2.24) is 4.90 Å². The number of hydrogen-bond acceptors (Lipinski definition) is 4. The number of nitrogens with zero attached hydrogens (tertiary/aromatic N) is 1. The molecule has 2 aliphatic rings. The molecule has 1 heterocycles. The molecule has 5 nitrogen and oxygen atoms in total. The van der Waals surface area contributed by atoms with E-state index in [1.165, 1.54) is 0 Å². The van der Waals surface area contributed by atoms with Crippen molar-refractivity contribution in [3.05, 3.63) is 64.7 Å². The number of halogens is 6.